The number of likely N-dealkylation sites (tertiary alicyclic amines) is 1. The zero-order chi connectivity index (χ0) is 22.4. The van der Waals surface area contributed by atoms with E-state index >= 15 is 0 Å². The molecule has 1 saturated heterocycles. The zero-order valence-electron chi connectivity index (χ0n) is 18.3. The number of benzene rings is 1. The van der Waals surface area contributed by atoms with E-state index in [2.05, 4.69) is 18.8 Å². The molecule has 2 heterocycles. The van der Waals surface area contributed by atoms with E-state index in [1.807, 2.05) is 0 Å². The van der Waals surface area contributed by atoms with Crippen LogP contribution in [0.15, 0.2) is 54.4 Å². The first-order chi connectivity index (χ1) is 15.0. The van der Waals surface area contributed by atoms with Gasteiger partial charge in [-0.05, 0) is 49.2 Å². The molecule has 2 aromatic rings. The Hall–Kier alpha value is -3.19. The second kappa shape index (κ2) is 10.2. The summed E-state index contributed by atoms with van der Waals surface area (Å²) in [6.45, 7) is 7.58. The number of ether oxygens (including phenoxy) is 1. The van der Waals surface area contributed by atoms with Gasteiger partial charge in [-0.25, -0.2) is 0 Å². The van der Waals surface area contributed by atoms with E-state index in [0.29, 0.717) is 23.4 Å². The Balaban J connectivity index is 1.98. The van der Waals surface area contributed by atoms with Gasteiger partial charge in [0.15, 0.2) is 0 Å². The number of pyridine rings is 1. The normalized spacial score (nSPS) is 18.1. The zero-order valence-corrected chi connectivity index (χ0v) is 18.3. The van der Waals surface area contributed by atoms with Gasteiger partial charge in [-0.2, -0.15) is 0 Å². The number of methoxy groups -OCH3 is 1. The molecule has 1 aromatic heterocycles. The fraction of sp³-hybridized carbons (Fsp3) is 0.375. The van der Waals surface area contributed by atoms with Gasteiger partial charge in [0.05, 0.1) is 32.8 Å². The van der Waals surface area contributed by atoms with Crippen LogP contribution in [0.5, 0.6) is 5.75 Å². The quantitative estimate of drug-likeness (QED) is 0.363. The maximum atomic E-state index is 13.3. The van der Waals surface area contributed by atoms with Crippen molar-refractivity contribution in [2.24, 2.45) is 0 Å². The van der Waals surface area contributed by atoms with Crippen molar-refractivity contribution in [2.75, 3.05) is 33.3 Å². The minimum absolute atomic E-state index is 0.00319. The van der Waals surface area contributed by atoms with Crippen molar-refractivity contribution in [1.29, 1.82) is 0 Å². The summed E-state index contributed by atoms with van der Waals surface area (Å²) in [5.74, 6) is -1.16. The van der Waals surface area contributed by atoms with Crippen LogP contribution in [0, 0.1) is 0 Å². The number of quaternary nitrogens is 1. The molecule has 1 unspecified atom stereocenters. The second-order valence-corrected chi connectivity index (χ2v) is 7.54. The number of aromatic nitrogens is 1. The van der Waals surface area contributed by atoms with Crippen molar-refractivity contribution in [1.82, 2.24) is 9.88 Å². The average Bonchev–Trinajstić information content (AvgIpc) is 3.07. The Bertz CT molecular complexity index is 937. The molecule has 31 heavy (non-hydrogen) atoms. The van der Waals surface area contributed by atoms with Crippen LogP contribution in [0.2, 0.25) is 0 Å². The van der Waals surface area contributed by atoms with Crippen LogP contribution in [0.4, 0.5) is 0 Å². The molecule has 0 aliphatic carbocycles. The lowest BCUT2D eigenvalue weighted by Crippen LogP contribution is -3.11. The van der Waals surface area contributed by atoms with E-state index in [0.717, 1.165) is 26.1 Å². The number of hydrogen-bond donors (Lipinski definition) is 1. The Morgan fingerprint density at radius 3 is 2.32 bits per heavy atom. The standard InChI is InChI=1S/C24H29N3O4/c1-4-26(5-2)15-6-16-27-21(17-11-13-25-14-12-17)20(23(29)24(27)30)22(28)18-7-9-19(31-3)10-8-18/h7-14,21,28H,4-6,15-16H2,1-3H3/b22-20+. The molecule has 1 atom stereocenters. The van der Waals surface area contributed by atoms with Crippen LogP contribution in [0.3, 0.4) is 0 Å². The number of rotatable bonds is 9. The fourth-order valence-electron chi connectivity index (χ4n) is 3.99. The maximum absolute atomic E-state index is 13.3. The molecule has 0 spiro atoms. The van der Waals surface area contributed by atoms with Gasteiger partial charge in [0.25, 0.3) is 5.91 Å². The summed E-state index contributed by atoms with van der Waals surface area (Å²) in [5.41, 5.74) is 1.06. The summed E-state index contributed by atoms with van der Waals surface area (Å²) in [4.78, 5) is 32.9. The Labute approximate surface area is 183 Å². The molecule has 0 bridgehead atoms. The van der Waals surface area contributed by atoms with Gasteiger partial charge in [-0.1, -0.05) is 17.9 Å². The Kier molecular flexibility index (Phi) is 7.41. The minimum atomic E-state index is -0.724. The predicted octanol–water partition coefficient (Wildman–Crippen LogP) is 0.629. The third-order valence-electron chi connectivity index (χ3n) is 5.83. The SMILES string of the molecule is CC[NH+](CC)CCCN1C(=O)C(=O)/C(=C(/[O-])c2ccc(OC)cc2)C1c1ccncc1. The van der Waals surface area contributed by atoms with Crippen LogP contribution in [-0.4, -0.2) is 54.9 Å². The molecule has 1 aliphatic heterocycles. The monoisotopic (exact) mass is 423 g/mol. The lowest BCUT2D eigenvalue weighted by molar-refractivity contribution is -0.896. The molecule has 3 rings (SSSR count). The summed E-state index contributed by atoms with van der Waals surface area (Å²) >= 11 is 0. The van der Waals surface area contributed by atoms with Crippen LogP contribution in [-0.2, 0) is 9.59 Å². The number of nitrogens with zero attached hydrogens (tertiary/aromatic N) is 2. The van der Waals surface area contributed by atoms with E-state index in [4.69, 9.17) is 4.74 Å². The minimum Gasteiger partial charge on any atom is -0.872 e. The van der Waals surface area contributed by atoms with E-state index < -0.39 is 23.5 Å². The lowest BCUT2D eigenvalue weighted by Gasteiger charge is -2.28. The van der Waals surface area contributed by atoms with Crippen molar-refractivity contribution in [3.05, 3.63) is 65.5 Å². The summed E-state index contributed by atoms with van der Waals surface area (Å²) < 4.78 is 5.15. The van der Waals surface area contributed by atoms with Crippen molar-refractivity contribution in [3.63, 3.8) is 0 Å². The fourth-order valence-corrected chi connectivity index (χ4v) is 3.99. The molecule has 1 aromatic carbocycles. The lowest BCUT2D eigenvalue weighted by atomic mass is 9.96. The third-order valence-corrected chi connectivity index (χ3v) is 5.83. The molecular formula is C24H29N3O4. The highest BCUT2D eigenvalue weighted by atomic mass is 16.5. The van der Waals surface area contributed by atoms with Gasteiger partial charge in [0.1, 0.15) is 5.75 Å². The Morgan fingerprint density at radius 1 is 1.10 bits per heavy atom. The molecule has 1 amide bonds. The van der Waals surface area contributed by atoms with Crippen molar-refractivity contribution >= 4 is 17.4 Å². The van der Waals surface area contributed by atoms with Crippen LogP contribution >= 0.6 is 0 Å². The van der Waals surface area contributed by atoms with Gasteiger partial charge < -0.3 is 19.6 Å². The number of hydrogen-bond acceptors (Lipinski definition) is 5. The molecule has 7 nitrogen and oxygen atoms in total. The van der Waals surface area contributed by atoms with Gasteiger partial charge in [-0.3, -0.25) is 14.6 Å². The van der Waals surface area contributed by atoms with Gasteiger partial charge in [0, 0.05) is 30.9 Å². The van der Waals surface area contributed by atoms with Gasteiger partial charge in [-0.15, -0.1) is 0 Å². The summed E-state index contributed by atoms with van der Waals surface area (Å²) in [6, 6.07) is 9.36. The smallest absolute Gasteiger partial charge is 0.295 e. The third kappa shape index (κ3) is 4.77. The number of amides is 1. The van der Waals surface area contributed by atoms with Crippen molar-refractivity contribution in [2.45, 2.75) is 26.3 Å². The first-order valence-corrected chi connectivity index (χ1v) is 10.7. The topological polar surface area (TPSA) is 87.0 Å². The molecule has 1 fully saturated rings. The summed E-state index contributed by atoms with van der Waals surface area (Å²) in [6.07, 6.45) is 3.97. The predicted molar refractivity (Wildman–Crippen MR) is 115 cm³/mol. The average molecular weight is 424 g/mol. The molecule has 7 heteroatoms. The molecule has 164 valence electrons. The summed E-state index contributed by atoms with van der Waals surface area (Å²) in [7, 11) is 1.54. The highest BCUT2D eigenvalue weighted by molar-refractivity contribution is 6.46. The van der Waals surface area contributed by atoms with E-state index in [1.165, 1.54) is 9.80 Å². The van der Waals surface area contributed by atoms with Crippen molar-refractivity contribution in [3.8, 4) is 5.75 Å². The second-order valence-electron chi connectivity index (χ2n) is 7.54. The molecular weight excluding hydrogens is 394 g/mol. The number of Topliss-reactive ketones (excluding diaryl/α,β-unsaturated/α-hetero) is 1. The number of ketones is 1. The summed E-state index contributed by atoms with van der Waals surface area (Å²) in [5, 5.41) is 13.3. The van der Waals surface area contributed by atoms with Crippen LogP contribution in [0.25, 0.3) is 5.76 Å². The number of nitrogens with one attached hydrogen (secondary N) is 1. The number of carbonyl (C=O) groups is 2. The molecule has 0 radical (unpaired) electrons. The van der Waals surface area contributed by atoms with E-state index in [1.54, 1.807) is 55.9 Å². The largest absolute Gasteiger partial charge is 0.872 e. The van der Waals surface area contributed by atoms with Crippen LogP contribution in [0.1, 0.15) is 37.4 Å². The van der Waals surface area contributed by atoms with Crippen LogP contribution < -0.4 is 14.7 Å². The van der Waals surface area contributed by atoms with Gasteiger partial charge >= 0.3 is 0 Å². The molecule has 1 N–H and O–H groups in total. The highest BCUT2D eigenvalue weighted by Gasteiger charge is 2.43. The Morgan fingerprint density at radius 2 is 1.74 bits per heavy atom. The highest BCUT2D eigenvalue weighted by Crippen LogP contribution is 2.38. The first kappa shape index (κ1) is 22.5. The first-order valence-electron chi connectivity index (χ1n) is 10.7. The number of carbonyl (C=O) groups excluding carboxylic acids is 2. The molecule has 0 saturated carbocycles. The van der Waals surface area contributed by atoms with E-state index in [9.17, 15) is 14.7 Å². The van der Waals surface area contributed by atoms with Crippen molar-refractivity contribution < 1.29 is 24.3 Å². The maximum Gasteiger partial charge on any atom is 0.295 e. The molecule has 1 aliphatic rings. The van der Waals surface area contributed by atoms with E-state index in [-0.39, 0.29) is 5.57 Å². The van der Waals surface area contributed by atoms with Gasteiger partial charge in [0.2, 0.25) is 5.78 Å².